The summed E-state index contributed by atoms with van der Waals surface area (Å²) >= 11 is 0. The second-order valence-corrected chi connectivity index (χ2v) is 12.2. The van der Waals surface area contributed by atoms with E-state index in [-0.39, 0.29) is 6.42 Å². The van der Waals surface area contributed by atoms with E-state index in [1.165, 1.54) is 0 Å². The lowest BCUT2D eigenvalue weighted by Crippen LogP contribution is -2.40. The minimum absolute atomic E-state index is 0.223. The predicted molar refractivity (Wildman–Crippen MR) is 84.7 cm³/mol. The zero-order valence-corrected chi connectivity index (χ0v) is 15.6. The largest absolute Gasteiger partial charge is 0.516 e. The third-order valence-corrected chi connectivity index (χ3v) is 7.31. The van der Waals surface area contributed by atoms with Gasteiger partial charge in [0.15, 0.2) is 8.32 Å². The molecule has 0 aromatic rings. The summed E-state index contributed by atoms with van der Waals surface area (Å²) in [7, 11) is -5.35. The van der Waals surface area contributed by atoms with Gasteiger partial charge in [-0.15, -0.1) is 0 Å². The Hall–Kier alpha value is -0.613. The summed E-state index contributed by atoms with van der Waals surface area (Å²) in [6, 6.07) is 1.08. The topological polar surface area (TPSA) is 72.5 Å². The molecule has 0 radical (unpaired) electrons. The van der Waals surface area contributed by atoms with Crippen LogP contribution in [0.4, 0.5) is 13.2 Å². The Morgan fingerprint density at radius 2 is 1.52 bits per heavy atom. The highest BCUT2D eigenvalue weighted by Crippen LogP contribution is 2.21. The summed E-state index contributed by atoms with van der Waals surface area (Å²) in [6.45, 7) is 4.31. The van der Waals surface area contributed by atoms with Gasteiger partial charge in [0.2, 0.25) is 5.91 Å². The van der Waals surface area contributed by atoms with E-state index in [0.717, 1.165) is 36.4 Å². The van der Waals surface area contributed by atoms with E-state index in [9.17, 15) is 26.4 Å². The van der Waals surface area contributed by atoms with E-state index in [0.29, 0.717) is 12.8 Å². The number of nitrogens with one attached hydrogen (secondary N) is 1. The number of carbonyl (C=O) groups is 1. The molecular weight excluding hydrogens is 351 g/mol. The lowest BCUT2D eigenvalue weighted by atomic mass is 10.1. The lowest BCUT2D eigenvalue weighted by Gasteiger charge is -2.19. The Morgan fingerprint density at radius 1 is 1.04 bits per heavy atom. The summed E-state index contributed by atoms with van der Waals surface area (Å²) in [5, 5.41) is 0. The molecule has 0 saturated carbocycles. The number of amides is 1. The van der Waals surface area contributed by atoms with Crippen LogP contribution in [-0.4, -0.2) is 35.3 Å². The van der Waals surface area contributed by atoms with Crippen molar-refractivity contribution in [3.8, 4) is 0 Å². The van der Waals surface area contributed by atoms with Crippen LogP contribution < -0.4 is 4.72 Å². The van der Waals surface area contributed by atoms with Gasteiger partial charge >= 0.3 is 15.5 Å². The third kappa shape index (κ3) is 9.98. The number of rotatable bonds is 11. The number of carbonyl (C=O) groups excluding carboxylic acids is 1. The zero-order chi connectivity index (χ0) is 18.1. The van der Waals surface area contributed by atoms with Gasteiger partial charge in [0.05, 0.1) is 0 Å². The first-order valence-corrected chi connectivity index (χ1v) is 12.2. The highest BCUT2D eigenvalue weighted by atomic mass is 32.2. The van der Waals surface area contributed by atoms with Crippen molar-refractivity contribution in [2.24, 2.45) is 0 Å². The van der Waals surface area contributed by atoms with Crippen LogP contribution in [0.1, 0.15) is 44.9 Å². The second-order valence-electron chi connectivity index (χ2n) is 6.06. The fraction of sp³-hybridized carbons (Fsp3) is 0.923. The Labute approximate surface area is 137 Å². The van der Waals surface area contributed by atoms with Crippen LogP contribution in [0.3, 0.4) is 0 Å². The van der Waals surface area contributed by atoms with Gasteiger partial charge in [-0.2, -0.15) is 21.6 Å². The summed E-state index contributed by atoms with van der Waals surface area (Å²) in [5.41, 5.74) is -5.46. The maximum absolute atomic E-state index is 12.1. The molecule has 0 rings (SSSR count). The van der Waals surface area contributed by atoms with Crippen molar-refractivity contribution in [3.05, 3.63) is 0 Å². The molecule has 0 aliphatic carbocycles. The first kappa shape index (κ1) is 22.4. The summed E-state index contributed by atoms with van der Waals surface area (Å²) < 4.78 is 64.1. The average Bonchev–Trinajstić information content (AvgIpc) is 2.40. The highest BCUT2D eigenvalue weighted by molar-refractivity contribution is 7.90. The maximum Gasteiger partial charge on any atom is 0.516 e. The lowest BCUT2D eigenvalue weighted by molar-refractivity contribution is -0.120. The van der Waals surface area contributed by atoms with Crippen LogP contribution in [-0.2, 0) is 19.2 Å². The van der Waals surface area contributed by atoms with Gasteiger partial charge in [-0.05, 0) is 25.6 Å². The van der Waals surface area contributed by atoms with Gasteiger partial charge in [-0.1, -0.05) is 32.1 Å². The second kappa shape index (κ2) is 9.63. The molecule has 0 heterocycles. The molecule has 0 aliphatic rings. The molecule has 0 unspecified atom stereocenters. The first-order chi connectivity index (χ1) is 10.4. The Balaban J connectivity index is 3.72. The van der Waals surface area contributed by atoms with E-state index in [2.05, 4.69) is 13.1 Å². The van der Waals surface area contributed by atoms with Gasteiger partial charge in [0, 0.05) is 13.5 Å². The minimum atomic E-state index is -5.58. The van der Waals surface area contributed by atoms with Crippen LogP contribution in [0.15, 0.2) is 0 Å². The number of hydrogen-bond donors (Lipinski definition) is 1. The van der Waals surface area contributed by atoms with Crippen LogP contribution >= 0.6 is 0 Å². The van der Waals surface area contributed by atoms with Crippen molar-refractivity contribution in [2.75, 3.05) is 7.11 Å². The van der Waals surface area contributed by atoms with Gasteiger partial charge < -0.3 is 4.43 Å². The number of alkyl halides is 3. The number of unbranched alkanes of at least 4 members (excludes halogenated alkanes) is 5. The molecule has 0 aliphatic heterocycles. The monoisotopic (exact) mass is 377 g/mol. The molecule has 0 aromatic heterocycles. The van der Waals surface area contributed by atoms with E-state index >= 15 is 0 Å². The smallest absolute Gasteiger partial charge is 0.420 e. The van der Waals surface area contributed by atoms with Gasteiger partial charge in [-0.3, -0.25) is 4.79 Å². The molecule has 23 heavy (non-hydrogen) atoms. The zero-order valence-electron chi connectivity index (χ0n) is 13.8. The van der Waals surface area contributed by atoms with Crippen LogP contribution in [0.2, 0.25) is 19.1 Å². The molecule has 1 N–H and O–H groups in total. The molecule has 5 nitrogen and oxygen atoms in total. The van der Waals surface area contributed by atoms with Crippen molar-refractivity contribution < 1.29 is 30.8 Å². The third-order valence-electron chi connectivity index (χ3n) is 3.54. The minimum Gasteiger partial charge on any atom is -0.420 e. The van der Waals surface area contributed by atoms with Gasteiger partial charge in [0.1, 0.15) is 0 Å². The quantitative estimate of drug-likeness (QED) is 0.442. The van der Waals surface area contributed by atoms with E-state index in [1.807, 2.05) is 0 Å². The van der Waals surface area contributed by atoms with Crippen LogP contribution in [0.5, 0.6) is 0 Å². The van der Waals surface area contributed by atoms with Gasteiger partial charge in [0.25, 0.3) is 0 Å². The summed E-state index contributed by atoms with van der Waals surface area (Å²) in [5.74, 6) is -1.12. The molecule has 0 aromatic carbocycles. The number of halogens is 3. The molecule has 1 amide bonds. The van der Waals surface area contributed by atoms with Gasteiger partial charge in [-0.25, -0.2) is 4.72 Å². The fourth-order valence-electron chi connectivity index (χ4n) is 1.90. The molecule has 0 bridgehead atoms. The Bertz CT molecular complexity index is 466. The fourth-order valence-corrected chi connectivity index (χ4v) is 3.73. The van der Waals surface area contributed by atoms with Crippen molar-refractivity contribution in [3.63, 3.8) is 0 Å². The predicted octanol–water partition coefficient (Wildman–Crippen LogP) is 3.53. The van der Waals surface area contributed by atoms with E-state index in [4.69, 9.17) is 4.43 Å². The van der Waals surface area contributed by atoms with Crippen LogP contribution in [0, 0.1) is 0 Å². The molecule has 10 heteroatoms. The molecule has 0 fully saturated rings. The summed E-state index contributed by atoms with van der Waals surface area (Å²) in [4.78, 5) is 11.2. The van der Waals surface area contributed by atoms with E-state index in [1.54, 1.807) is 7.11 Å². The van der Waals surface area contributed by atoms with Crippen molar-refractivity contribution in [1.29, 1.82) is 0 Å². The molecule has 0 spiro atoms. The van der Waals surface area contributed by atoms with Crippen molar-refractivity contribution >= 4 is 24.2 Å². The molecular formula is C13H26F3NO4SSi. The van der Waals surface area contributed by atoms with Crippen molar-refractivity contribution in [1.82, 2.24) is 4.72 Å². The van der Waals surface area contributed by atoms with Crippen LogP contribution in [0.25, 0.3) is 0 Å². The molecule has 138 valence electrons. The Morgan fingerprint density at radius 3 is 2.00 bits per heavy atom. The number of hydrogen-bond acceptors (Lipinski definition) is 4. The SMILES string of the molecule is CO[Si](C)(C)CCCCCCCCC(=O)NS(=O)(=O)C(F)(F)F. The average molecular weight is 378 g/mol. The number of sulfonamides is 1. The summed E-state index contributed by atoms with van der Waals surface area (Å²) in [6.07, 6.45) is 4.82. The van der Waals surface area contributed by atoms with Crippen molar-refractivity contribution in [2.45, 2.75) is 69.6 Å². The molecule has 0 saturated heterocycles. The first-order valence-electron chi connectivity index (χ1n) is 7.58. The highest BCUT2D eigenvalue weighted by Gasteiger charge is 2.46. The molecule has 0 atom stereocenters. The standard InChI is InChI=1S/C13H26F3NO4SSi/c1-21-23(2,3)11-9-7-5-4-6-8-10-12(18)17-22(19,20)13(14,15)16/h4-11H2,1-3H3,(H,17,18). The van der Waals surface area contributed by atoms with E-state index < -0.39 is 29.8 Å². The Kier molecular flexibility index (Phi) is 9.37. The maximum atomic E-state index is 12.1. The normalized spacial score (nSPS) is 13.1.